The van der Waals surface area contributed by atoms with Crippen molar-refractivity contribution in [2.24, 2.45) is 0 Å². The Balaban J connectivity index is 2.30. The maximum Gasteiger partial charge on any atom is 0.224 e. The summed E-state index contributed by atoms with van der Waals surface area (Å²) in [5, 5.41) is 15.2. The SMILES string of the molecule is CNc1ncc(Cl)c(NCCSCCCO)n1. The van der Waals surface area contributed by atoms with Crippen LogP contribution in [0.15, 0.2) is 6.20 Å². The minimum absolute atomic E-state index is 0.254. The van der Waals surface area contributed by atoms with Gasteiger partial charge >= 0.3 is 0 Å². The van der Waals surface area contributed by atoms with Crippen molar-refractivity contribution in [2.75, 3.05) is 42.3 Å². The van der Waals surface area contributed by atoms with Gasteiger partial charge in [-0.05, 0) is 12.2 Å². The molecule has 0 saturated carbocycles. The Labute approximate surface area is 110 Å². The van der Waals surface area contributed by atoms with E-state index < -0.39 is 0 Å². The van der Waals surface area contributed by atoms with E-state index in [1.54, 1.807) is 25.0 Å². The number of thioether (sulfide) groups is 1. The molecule has 1 aromatic rings. The molecule has 7 heteroatoms. The fourth-order valence-electron chi connectivity index (χ4n) is 1.12. The van der Waals surface area contributed by atoms with E-state index in [9.17, 15) is 0 Å². The molecule has 0 aliphatic heterocycles. The van der Waals surface area contributed by atoms with Gasteiger partial charge in [-0.25, -0.2) is 4.98 Å². The van der Waals surface area contributed by atoms with Crippen LogP contribution in [0.2, 0.25) is 5.02 Å². The highest BCUT2D eigenvalue weighted by Crippen LogP contribution is 2.19. The third-order valence-electron chi connectivity index (χ3n) is 1.95. The first-order valence-electron chi connectivity index (χ1n) is 5.40. The first-order valence-corrected chi connectivity index (χ1v) is 6.94. The first-order chi connectivity index (χ1) is 8.27. The summed E-state index contributed by atoms with van der Waals surface area (Å²) in [5.74, 6) is 3.12. The lowest BCUT2D eigenvalue weighted by Gasteiger charge is -2.08. The van der Waals surface area contributed by atoms with E-state index in [0.29, 0.717) is 16.8 Å². The van der Waals surface area contributed by atoms with E-state index in [2.05, 4.69) is 20.6 Å². The third-order valence-corrected chi connectivity index (χ3v) is 3.30. The van der Waals surface area contributed by atoms with Crippen molar-refractivity contribution in [3.63, 3.8) is 0 Å². The normalized spacial score (nSPS) is 10.3. The molecule has 0 aromatic carbocycles. The predicted octanol–water partition coefficient (Wildman–Crippen LogP) is 1.70. The van der Waals surface area contributed by atoms with Crippen molar-refractivity contribution in [1.82, 2.24) is 9.97 Å². The standard InChI is InChI=1S/C10H17ClN4OS/c1-12-10-14-7-8(11)9(15-10)13-3-6-17-5-2-4-16/h7,16H,2-6H2,1H3,(H2,12,13,14,15). The van der Waals surface area contributed by atoms with Crippen LogP contribution in [0.3, 0.4) is 0 Å². The number of rotatable bonds is 8. The Kier molecular flexibility index (Phi) is 7.07. The molecule has 0 fully saturated rings. The van der Waals surface area contributed by atoms with Gasteiger partial charge in [-0.15, -0.1) is 0 Å². The molecule has 3 N–H and O–H groups in total. The minimum Gasteiger partial charge on any atom is -0.396 e. The Hall–Kier alpha value is -0.720. The molecule has 0 amide bonds. The van der Waals surface area contributed by atoms with Gasteiger partial charge in [0.05, 0.1) is 6.20 Å². The molecule has 0 bridgehead atoms. The van der Waals surface area contributed by atoms with Gasteiger partial charge in [0.1, 0.15) is 5.02 Å². The van der Waals surface area contributed by atoms with Crippen molar-refractivity contribution in [3.8, 4) is 0 Å². The van der Waals surface area contributed by atoms with E-state index in [-0.39, 0.29) is 6.61 Å². The second-order valence-electron chi connectivity index (χ2n) is 3.26. The van der Waals surface area contributed by atoms with E-state index in [1.165, 1.54) is 0 Å². The average Bonchev–Trinajstić information content (AvgIpc) is 2.35. The zero-order valence-corrected chi connectivity index (χ0v) is 11.3. The van der Waals surface area contributed by atoms with Gasteiger partial charge < -0.3 is 15.7 Å². The summed E-state index contributed by atoms with van der Waals surface area (Å²) < 4.78 is 0. The fourth-order valence-corrected chi connectivity index (χ4v) is 2.06. The quantitative estimate of drug-likeness (QED) is 0.628. The summed E-state index contributed by atoms with van der Waals surface area (Å²) in [6.45, 7) is 1.04. The lowest BCUT2D eigenvalue weighted by Crippen LogP contribution is -2.08. The largest absolute Gasteiger partial charge is 0.396 e. The number of nitrogens with zero attached hydrogens (tertiary/aromatic N) is 2. The molecular formula is C10H17ClN4OS. The highest BCUT2D eigenvalue weighted by molar-refractivity contribution is 7.99. The van der Waals surface area contributed by atoms with Gasteiger partial charge in [-0.2, -0.15) is 16.7 Å². The van der Waals surface area contributed by atoms with Crippen molar-refractivity contribution < 1.29 is 5.11 Å². The fraction of sp³-hybridized carbons (Fsp3) is 0.600. The molecule has 0 aliphatic rings. The van der Waals surface area contributed by atoms with Crippen molar-refractivity contribution in [2.45, 2.75) is 6.42 Å². The van der Waals surface area contributed by atoms with E-state index >= 15 is 0 Å². The maximum atomic E-state index is 8.62. The Morgan fingerprint density at radius 2 is 2.29 bits per heavy atom. The zero-order valence-electron chi connectivity index (χ0n) is 9.74. The monoisotopic (exact) mass is 276 g/mol. The molecule has 5 nitrogen and oxygen atoms in total. The number of hydrogen-bond donors (Lipinski definition) is 3. The number of nitrogens with one attached hydrogen (secondary N) is 2. The Morgan fingerprint density at radius 3 is 3.00 bits per heavy atom. The molecule has 0 saturated heterocycles. The Morgan fingerprint density at radius 1 is 1.47 bits per heavy atom. The Bertz CT molecular complexity index is 340. The van der Waals surface area contributed by atoms with Crippen LogP contribution < -0.4 is 10.6 Å². The zero-order chi connectivity index (χ0) is 12.5. The molecule has 0 atom stereocenters. The van der Waals surface area contributed by atoms with Gasteiger partial charge in [0.2, 0.25) is 5.95 Å². The molecule has 96 valence electrons. The van der Waals surface area contributed by atoms with E-state index in [4.69, 9.17) is 16.7 Å². The highest BCUT2D eigenvalue weighted by Gasteiger charge is 2.03. The molecule has 17 heavy (non-hydrogen) atoms. The number of aliphatic hydroxyl groups excluding tert-OH is 1. The number of aliphatic hydroxyl groups is 1. The van der Waals surface area contributed by atoms with Crippen molar-refractivity contribution in [1.29, 1.82) is 0 Å². The van der Waals surface area contributed by atoms with Crippen LogP contribution in [0.4, 0.5) is 11.8 Å². The van der Waals surface area contributed by atoms with Gasteiger partial charge in [0.25, 0.3) is 0 Å². The molecule has 0 unspecified atom stereocenters. The van der Waals surface area contributed by atoms with Crippen LogP contribution in [0.5, 0.6) is 0 Å². The van der Waals surface area contributed by atoms with Crippen LogP contribution in [0.1, 0.15) is 6.42 Å². The molecule has 0 radical (unpaired) electrons. The highest BCUT2D eigenvalue weighted by atomic mass is 35.5. The van der Waals surface area contributed by atoms with Crippen molar-refractivity contribution in [3.05, 3.63) is 11.2 Å². The van der Waals surface area contributed by atoms with Crippen LogP contribution in [-0.2, 0) is 0 Å². The molecule has 1 aromatic heterocycles. The summed E-state index contributed by atoms with van der Waals surface area (Å²) in [7, 11) is 1.76. The lowest BCUT2D eigenvalue weighted by molar-refractivity contribution is 0.296. The molecule has 0 spiro atoms. The summed E-state index contributed by atoms with van der Waals surface area (Å²) in [4.78, 5) is 8.21. The third kappa shape index (κ3) is 5.43. The number of halogens is 1. The summed E-state index contributed by atoms with van der Waals surface area (Å²) >= 11 is 7.75. The lowest BCUT2D eigenvalue weighted by atomic mass is 10.5. The van der Waals surface area contributed by atoms with Gasteiger partial charge in [0, 0.05) is 26.0 Å². The number of anilines is 2. The second kappa shape index (κ2) is 8.38. The molecular weight excluding hydrogens is 260 g/mol. The summed E-state index contributed by atoms with van der Waals surface area (Å²) in [5.41, 5.74) is 0. The van der Waals surface area contributed by atoms with Crippen LogP contribution in [-0.4, -0.2) is 46.8 Å². The second-order valence-corrected chi connectivity index (χ2v) is 4.89. The summed E-state index contributed by atoms with van der Waals surface area (Å²) in [6.07, 6.45) is 2.41. The van der Waals surface area contributed by atoms with E-state index in [1.807, 2.05) is 0 Å². The molecule has 0 aliphatic carbocycles. The molecule has 1 heterocycles. The van der Waals surface area contributed by atoms with Gasteiger partial charge in [0.15, 0.2) is 5.82 Å². The first kappa shape index (κ1) is 14.3. The number of aromatic nitrogens is 2. The molecule has 1 rings (SSSR count). The van der Waals surface area contributed by atoms with Crippen LogP contribution >= 0.6 is 23.4 Å². The maximum absolute atomic E-state index is 8.62. The van der Waals surface area contributed by atoms with Crippen molar-refractivity contribution >= 4 is 35.1 Å². The van der Waals surface area contributed by atoms with Gasteiger partial charge in [-0.3, -0.25) is 0 Å². The number of hydrogen-bond acceptors (Lipinski definition) is 6. The smallest absolute Gasteiger partial charge is 0.224 e. The predicted molar refractivity (Wildman–Crippen MR) is 74.1 cm³/mol. The topological polar surface area (TPSA) is 70.1 Å². The minimum atomic E-state index is 0.254. The van der Waals surface area contributed by atoms with Crippen LogP contribution in [0, 0.1) is 0 Å². The van der Waals surface area contributed by atoms with Crippen LogP contribution in [0.25, 0.3) is 0 Å². The van der Waals surface area contributed by atoms with E-state index in [0.717, 1.165) is 24.5 Å². The van der Waals surface area contributed by atoms with Gasteiger partial charge in [-0.1, -0.05) is 11.6 Å². The summed E-state index contributed by atoms with van der Waals surface area (Å²) in [6, 6.07) is 0. The average molecular weight is 277 g/mol.